The molecule has 0 unspecified atom stereocenters. The van der Waals surface area contributed by atoms with Crippen molar-refractivity contribution in [3.05, 3.63) is 64.9 Å². The summed E-state index contributed by atoms with van der Waals surface area (Å²) in [5.74, 6) is -1.43. The van der Waals surface area contributed by atoms with Crippen LogP contribution in [0.3, 0.4) is 0 Å². The number of halogens is 2. The number of amides is 2. The SMILES string of the molecule is O=C(Nc1ccccc1)[C@H]1CCCN1C(=O)c1ccc(Cl)cc1F. The number of anilines is 1. The molecule has 0 radical (unpaired) electrons. The lowest BCUT2D eigenvalue weighted by Crippen LogP contribution is -2.43. The van der Waals surface area contributed by atoms with Crippen LogP contribution >= 0.6 is 11.6 Å². The summed E-state index contributed by atoms with van der Waals surface area (Å²) in [5, 5.41) is 3.02. The predicted octanol–water partition coefficient (Wildman–Crippen LogP) is 3.72. The van der Waals surface area contributed by atoms with Gasteiger partial charge in [0.2, 0.25) is 5.91 Å². The second kappa shape index (κ2) is 7.01. The van der Waals surface area contributed by atoms with Crippen LogP contribution in [0.15, 0.2) is 48.5 Å². The zero-order chi connectivity index (χ0) is 17.1. The summed E-state index contributed by atoms with van der Waals surface area (Å²) in [4.78, 5) is 26.5. The third-order valence-corrected chi connectivity index (χ3v) is 4.25. The van der Waals surface area contributed by atoms with Crippen LogP contribution < -0.4 is 5.32 Å². The molecule has 6 heteroatoms. The summed E-state index contributed by atoms with van der Waals surface area (Å²) in [6.07, 6.45) is 1.26. The minimum atomic E-state index is -0.679. The molecule has 1 heterocycles. The van der Waals surface area contributed by atoms with Crippen LogP contribution in [0.4, 0.5) is 10.1 Å². The van der Waals surface area contributed by atoms with Crippen molar-refractivity contribution >= 4 is 29.1 Å². The first-order valence-corrected chi connectivity index (χ1v) is 8.06. The van der Waals surface area contributed by atoms with Gasteiger partial charge in [-0.3, -0.25) is 9.59 Å². The molecule has 4 nitrogen and oxygen atoms in total. The largest absolute Gasteiger partial charge is 0.327 e. The van der Waals surface area contributed by atoms with Crippen molar-refractivity contribution in [2.24, 2.45) is 0 Å². The van der Waals surface area contributed by atoms with Gasteiger partial charge < -0.3 is 10.2 Å². The third kappa shape index (κ3) is 3.41. The summed E-state index contributed by atoms with van der Waals surface area (Å²) >= 11 is 5.72. The van der Waals surface area contributed by atoms with E-state index in [1.54, 1.807) is 12.1 Å². The summed E-state index contributed by atoms with van der Waals surface area (Å²) < 4.78 is 14.0. The smallest absolute Gasteiger partial charge is 0.257 e. The molecule has 2 aromatic carbocycles. The van der Waals surface area contributed by atoms with Crippen LogP contribution in [0.2, 0.25) is 5.02 Å². The summed E-state index contributed by atoms with van der Waals surface area (Å²) in [5.41, 5.74) is 0.596. The van der Waals surface area contributed by atoms with Crippen molar-refractivity contribution in [3.8, 4) is 0 Å². The molecule has 0 bridgehead atoms. The van der Waals surface area contributed by atoms with E-state index in [0.717, 1.165) is 6.07 Å². The molecule has 2 amide bonds. The van der Waals surface area contributed by atoms with Crippen LogP contribution in [-0.2, 0) is 4.79 Å². The lowest BCUT2D eigenvalue weighted by atomic mass is 10.1. The first-order valence-electron chi connectivity index (χ1n) is 7.68. The van der Waals surface area contributed by atoms with E-state index in [0.29, 0.717) is 25.1 Å². The van der Waals surface area contributed by atoms with Crippen LogP contribution in [0, 0.1) is 5.82 Å². The highest BCUT2D eigenvalue weighted by atomic mass is 35.5. The van der Waals surface area contributed by atoms with Gasteiger partial charge in [-0.15, -0.1) is 0 Å². The van der Waals surface area contributed by atoms with Crippen LogP contribution in [0.5, 0.6) is 0 Å². The fraction of sp³-hybridized carbons (Fsp3) is 0.222. The van der Waals surface area contributed by atoms with Crippen LogP contribution in [-0.4, -0.2) is 29.3 Å². The minimum absolute atomic E-state index is 0.0705. The second-order valence-corrected chi connectivity index (χ2v) is 6.07. The average Bonchev–Trinajstić information content (AvgIpc) is 3.05. The van der Waals surface area contributed by atoms with Gasteiger partial charge in [0.05, 0.1) is 5.56 Å². The van der Waals surface area contributed by atoms with E-state index in [1.807, 2.05) is 18.2 Å². The van der Waals surface area contributed by atoms with Gasteiger partial charge in [-0.05, 0) is 43.2 Å². The molecule has 0 aromatic heterocycles. The Morgan fingerprint density at radius 1 is 1.17 bits per heavy atom. The predicted molar refractivity (Wildman–Crippen MR) is 90.5 cm³/mol. The van der Waals surface area contributed by atoms with E-state index in [9.17, 15) is 14.0 Å². The minimum Gasteiger partial charge on any atom is -0.327 e. The Morgan fingerprint density at radius 2 is 1.92 bits per heavy atom. The fourth-order valence-corrected chi connectivity index (χ4v) is 3.01. The number of rotatable bonds is 3. The molecule has 1 N–H and O–H groups in total. The topological polar surface area (TPSA) is 49.4 Å². The molecule has 1 aliphatic rings. The zero-order valence-electron chi connectivity index (χ0n) is 12.8. The number of nitrogens with one attached hydrogen (secondary N) is 1. The van der Waals surface area contributed by atoms with E-state index in [2.05, 4.69) is 5.32 Å². The van der Waals surface area contributed by atoms with Crippen molar-refractivity contribution in [3.63, 3.8) is 0 Å². The van der Waals surface area contributed by atoms with Crippen LogP contribution in [0.1, 0.15) is 23.2 Å². The summed E-state index contributed by atoms with van der Waals surface area (Å²) in [6, 6.07) is 12.3. The molecule has 0 aliphatic carbocycles. The van der Waals surface area contributed by atoms with Crippen LogP contribution in [0.25, 0.3) is 0 Å². The van der Waals surface area contributed by atoms with Gasteiger partial charge in [0.15, 0.2) is 0 Å². The van der Waals surface area contributed by atoms with Crippen molar-refractivity contribution in [1.82, 2.24) is 4.90 Å². The molecule has 1 aliphatic heterocycles. The molecular formula is C18H16ClFN2O2. The van der Waals surface area contributed by atoms with E-state index < -0.39 is 17.8 Å². The Morgan fingerprint density at radius 3 is 2.62 bits per heavy atom. The van der Waals surface area contributed by atoms with Crippen molar-refractivity contribution in [2.45, 2.75) is 18.9 Å². The second-order valence-electron chi connectivity index (χ2n) is 5.64. The van der Waals surface area contributed by atoms with Gasteiger partial charge in [0, 0.05) is 17.3 Å². The Bertz CT molecular complexity index is 767. The number of benzene rings is 2. The average molecular weight is 347 g/mol. The van der Waals surface area contributed by atoms with Gasteiger partial charge in [-0.1, -0.05) is 29.8 Å². The van der Waals surface area contributed by atoms with Crippen molar-refractivity contribution in [1.29, 1.82) is 0 Å². The van der Waals surface area contributed by atoms with Gasteiger partial charge in [0.25, 0.3) is 5.91 Å². The maximum absolute atomic E-state index is 14.0. The number of likely N-dealkylation sites (tertiary alicyclic amines) is 1. The fourth-order valence-electron chi connectivity index (χ4n) is 2.85. The van der Waals surface area contributed by atoms with E-state index in [4.69, 9.17) is 11.6 Å². The van der Waals surface area contributed by atoms with Gasteiger partial charge in [-0.25, -0.2) is 4.39 Å². The van der Waals surface area contributed by atoms with E-state index in [-0.39, 0.29) is 16.5 Å². The standard InChI is InChI=1S/C18H16ClFN2O2/c19-12-8-9-14(15(20)11-12)18(24)22-10-4-7-16(22)17(23)21-13-5-2-1-3-6-13/h1-3,5-6,8-9,11,16H,4,7,10H2,(H,21,23)/t16-/m1/s1. The highest BCUT2D eigenvalue weighted by molar-refractivity contribution is 6.30. The van der Waals surface area contributed by atoms with E-state index >= 15 is 0 Å². The summed E-state index contributed by atoms with van der Waals surface area (Å²) in [7, 11) is 0. The Kier molecular flexibility index (Phi) is 4.81. The zero-order valence-corrected chi connectivity index (χ0v) is 13.6. The quantitative estimate of drug-likeness (QED) is 0.920. The van der Waals surface area contributed by atoms with E-state index in [1.165, 1.54) is 17.0 Å². The molecule has 1 saturated heterocycles. The molecule has 2 aromatic rings. The van der Waals surface area contributed by atoms with Gasteiger partial charge in [0.1, 0.15) is 11.9 Å². The maximum atomic E-state index is 14.0. The molecule has 3 rings (SSSR count). The lowest BCUT2D eigenvalue weighted by Gasteiger charge is -2.24. The molecule has 24 heavy (non-hydrogen) atoms. The number of hydrogen-bond acceptors (Lipinski definition) is 2. The number of para-hydroxylation sites is 1. The number of hydrogen-bond donors (Lipinski definition) is 1. The van der Waals surface area contributed by atoms with Gasteiger partial charge in [-0.2, -0.15) is 0 Å². The third-order valence-electron chi connectivity index (χ3n) is 4.02. The normalized spacial score (nSPS) is 16.9. The van der Waals surface area contributed by atoms with Crippen molar-refractivity contribution < 1.29 is 14.0 Å². The first-order chi connectivity index (χ1) is 11.6. The molecule has 124 valence electrons. The maximum Gasteiger partial charge on any atom is 0.257 e. The number of nitrogens with zero attached hydrogens (tertiary/aromatic N) is 1. The first kappa shape index (κ1) is 16.5. The Hall–Kier alpha value is -2.40. The molecule has 0 spiro atoms. The number of carbonyl (C=O) groups is 2. The molecule has 0 saturated carbocycles. The van der Waals surface area contributed by atoms with Gasteiger partial charge >= 0.3 is 0 Å². The molecule has 1 atom stereocenters. The highest BCUT2D eigenvalue weighted by Gasteiger charge is 2.35. The lowest BCUT2D eigenvalue weighted by molar-refractivity contribution is -0.119. The molecular weight excluding hydrogens is 331 g/mol. The Labute approximate surface area is 144 Å². The Balaban J connectivity index is 1.77. The van der Waals surface area contributed by atoms with Crippen molar-refractivity contribution in [2.75, 3.05) is 11.9 Å². The summed E-state index contributed by atoms with van der Waals surface area (Å²) in [6.45, 7) is 0.424. The number of carbonyl (C=O) groups excluding carboxylic acids is 2. The monoisotopic (exact) mass is 346 g/mol. The molecule has 1 fully saturated rings. The highest BCUT2D eigenvalue weighted by Crippen LogP contribution is 2.24.